The van der Waals surface area contributed by atoms with Crippen molar-refractivity contribution in [1.29, 1.82) is 0 Å². The molecule has 0 N–H and O–H groups in total. The van der Waals surface area contributed by atoms with E-state index < -0.39 is 16.1 Å². The molecule has 42 heavy (non-hydrogen) atoms. The molecule has 0 unspecified atom stereocenters. The van der Waals surface area contributed by atoms with Crippen LogP contribution < -0.4 is 0 Å². The standard InChI is InChI=1S/C13H22Si2.2C12H27P.Pd/c1-14(2,3)13(15(4,5)6)12-10-8-7-9-11-12;2*1-4-7-10-13(11-8-5-2)12-9-6-3;/h7-10H,1-6H3;2*4-12H2,1-3H3;/q-2;;;+2/p+2. The van der Waals surface area contributed by atoms with E-state index in [-0.39, 0.29) is 36.3 Å². The van der Waals surface area contributed by atoms with Gasteiger partial charge in [0.2, 0.25) is 0 Å². The quantitative estimate of drug-likeness (QED) is 0.0667. The molecule has 0 saturated carbocycles. The van der Waals surface area contributed by atoms with Crippen LogP contribution in [0.15, 0.2) is 24.3 Å². The van der Waals surface area contributed by atoms with Crippen LogP contribution in [0, 0.1) is 11.2 Å². The third kappa shape index (κ3) is 27.4. The molecule has 0 aromatic heterocycles. The van der Waals surface area contributed by atoms with Crippen molar-refractivity contribution < 1.29 is 20.4 Å². The Kier molecular flexibility index (Phi) is 34.7. The summed E-state index contributed by atoms with van der Waals surface area (Å²) < 4.78 is 0. The van der Waals surface area contributed by atoms with Crippen molar-refractivity contribution in [3.05, 3.63) is 41.1 Å². The Hall–Kier alpha value is 1.05. The van der Waals surface area contributed by atoms with E-state index in [2.05, 4.69) is 105 Å². The Labute approximate surface area is 286 Å². The molecule has 0 atom stereocenters. The summed E-state index contributed by atoms with van der Waals surface area (Å²) in [6.07, 6.45) is 26.8. The van der Waals surface area contributed by atoms with Crippen LogP contribution in [0.4, 0.5) is 0 Å². The maximum Gasteiger partial charge on any atom is 2.00 e. The van der Waals surface area contributed by atoms with Crippen molar-refractivity contribution in [3.63, 3.8) is 0 Å². The van der Waals surface area contributed by atoms with Gasteiger partial charge >= 0.3 is 20.4 Å². The van der Waals surface area contributed by atoms with Crippen molar-refractivity contribution in [2.75, 3.05) is 37.0 Å². The van der Waals surface area contributed by atoms with Crippen LogP contribution in [-0.4, -0.2) is 53.1 Å². The smallest absolute Gasteiger partial charge is 0.371 e. The molecule has 252 valence electrons. The van der Waals surface area contributed by atoms with Crippen molar-refractivity contribution in [2.24, 2.45) is 0 Å². The Morgan fingerprint density at radius 1 is 0.524 bits per heavy atom. The first-order valence-electron chi connectivity index (χ1n) is 17.9. The molecular weight excluding hydrogens is 669 g/mol. The molecule has 0 nitrogen and oxygen atoms in total. The van der Waals surface area contributed by atoms with Gasteiger partial charge in [-0.25, -0.2) is 0 Å². The minimum Gasteiger partial charge on any atom is -0.371 e. The van der Waals surface area contributed by atoms with Crippen LogP contribution in [0.5, 0.6) is 0 Å². The molecular formula is C37H78P2PdSi2+2. The van der Waals surface area contributed by atoms with Crippen LogP contribution >= 0.6 is 15.8 Å². The maximum absolute atomic E-state index is 3.41. The zero-order chi connectivity index (χ0) is 31.6. The Bertz CT molecular complexity index is 582. The topological polar surface area (TPSA) is 0 Å². The first-order chi connectivity index (χ1) is 19.4. The number of hydrogen-bond acceptors (Lipinski definition) is 0. The van der Waals surface area contributed by atoms with Gasteiger partial charge in [0.05, 0.1) is 37.0 Å². The Balaban J connectivity index is -0.000000539. The fourth-order valence-corrected chi connectivity index (χ4v) is 23.3. The van der Waals surface area contributed by atoms with Gasteiger partial charge in [0.25, 0.3) is 0 Å². The number of unbranched alkanes of at least 4 members (excludes halogenated alkanes) is 6. The van der Waals surface area contributed by atoms with E-state index >= 15 is 0 Å². The monoisotopic (exact) mass is 746 g/mol. The van der Waals surface area contributed by atoms with Gasteiger partial charge in [-0.3, -0.25) is 11.2 Å². The van der Waals surface area contributed by atoms with Crippen LogP contribution in [0.1, 0.15) is 124 Å². The molecule has 0 heterocycles. The van der Waals surface area contributed by atoms with E-state index in [0.717, 1.165) is 0 Å². The fourth-order valence-electron chi connectivity index (χ4n) is 5.79. The Morgan fingerprint density at radius 2 is 0.810 bits per heavy atom. The van der Waals surface area contributed by atoms with Gasteiger partial charge in [-0.15, -0.1) is 6.07 Å². The van der Waals surface area contributed by atoms with E-state index in [1.54, 1.807) is 42.1 Å². The summed E-state index contributed by atoms with van der Waals surface area (Å²) in [7, 11) is -2.30. The summed E-state index contributed by atoms with van der Waals surface area (Å²) in [5.41, 5.74) is 1.37. The van der Waals surface area contributed by atoms with E-state index in [0.29, 0.717) is 0 Å². The first-order valence-corrected chi connectivity index (χ1v) is 29.2. The molecule has 0 amide bonds. The summed E-state index contributed by atoms with van der Waals surface area (Å²) in [5, 5.41) is 1.75. The second kappa shape index (κ2) is 30.7. The zero-order valence-electron chi connectivity index (χ0n) is 30.9. The van der Waals surface area contributed by atoms with Crippen LogP contribution in [0.3, 0.4) is 0 Å². The van der Waals surface area contributed by atoms with E-state index in [9.17, 15) is 0 Å². The first kappa shape index (κ1) is 47.5. The van der Waals surface area contributed by atoms with E-state index in [1.165, 1.54) is 82.6 Å². The van der Waals surface area contributed by atoms with Gasteiger partial charge in [-0.05, 0) is 54.7 Å². The van der Waals surface area contributed by atoms with Crippen LogP contribution in [-0.2, 0) is 20.4 Å². The van der Waals surface area contributed by atoms with Crippen LogP contribution in [0.2, 0.25) is 39.3 Å². The van der Waals surface area contributed by atoms with Crippen molar-refractivity contribution >= 4 is 32.0 Å². The molecule has 1 aromatic rings. The number of benzene rings is 1. The summed E-state index contributed by atoms with van der Waals surface area (Å²) in [6, 6.07) is 11.9. The van der Waals surface area contributed by atoms with Crippen molar-refractivity contribution in [1.82, 2.24) is 0 Å². The molecule has 0 saturated heterocycles. The molecule has 0 bridgehead atoms. The van der Waals surface area contributed by atoms with E-state index in [1.807, 2.05) is 6.07 Å². The van der Waals surface area contributed by atoms with Crippen molar-refractivity contribution in [3.8, 4) is 0 Å². The minimum absolute atomic E-state index is 0. The van der Waals surface area contributed by atoms with E-state index in [4.69, 9.17) is 0 Å². The summed E-state index contributed by atoms with van der Waals surface area (Å²) in [5.74, 6) is 0. The molecule has 1 aromatic carbocycles. The number of rotatable bonds is 21. The van der Waals surface area contributed by atoms with Gasteiger partial charge in [-0.2, -0.15) is 12.1 Å². The third-order valence-electron chi connectivity index (χ3n) is 7.78. The molecule has 1 rings (SSSR count). The normalized spacial score (nSPS) is 11.4. The molecule has 0 aliphatic carbocycles. The molecule has 0 spiro atoms. The van der Waals surface area contributed by atoms with Crippen LogP contribution in [0.25, 0.3) is 0 Å². The molecule has 0 fully saturated rings. The molecule has 5 heteroatoms. The largest absolute Gasteiger partial charge is 2.00 e. The zero-order valence-corrected chi connectivity index (χ0v) is 36.4. The van der Waals surface area contributed by atoms with Gasteiger partial charge in [0.1, 0.15) is 0 Å². The molecule has 0 aliphatic heterocycles. The van der Waals surface area contributed by atoms with Crippen molar-refractivity contribution in [2.45, 2.75) is 158 Å². The number of hydrogen-bond donors (Lipinski definition) is 0. The summed E-state index contributed by atoms with van der Waals surface area (Å²) >= 11 is 0. The Morgan fingerprint density at radius 3 is 1.00 bits per heavy atom. The predicted molar refractivity (Wildman–Crippen MR) is 210 cm³/mol. The van der Waals surface area contributed by atoms with Gasteiger partial charge < -0.3 is 11.6 Å². The maximum atomic E-state index is 3.41. The average molecular weight is 748 g/mol. The fraction of sp³-hybridized carbons (Fsp3) is 0.811. The third-order valence-corrected chi connectivity index (χ3v) is 22.2. The molecule has 0 radical (unpaired) electrons. The average Bonchev–Trinajstić information content (AvgIpc) is 2.92. The SMILES string of the molecule is CCCC[PH+](CCCC)CCCC.CCCC[PH+](CCCC)CCCC.C[Si](C)(C)[C-](c1[c-]cccc1)[Si](C)(C)C.[Pd+2]. The molecule has 0 aliphatic rings. The van der Waals surface area contributed by atoms with Gasteiger partial charge in [-0.1, -0.05) is 119 Å². The van der Waals surface area contributed by atoms with Gasteiger partial charge in [0.15, 0.2) is 0 Å². The predicted octanol–water partition coefficient (Wildman–Crippen LogP) is 13.4. The second-order valence-electron chi connectivity index (χ2n) is 14.3. The minimum atomic E-state index is -1.22. The summed E-state index contributed by atoms with van der Waals surface area (Å²) in [4.78, 5) is 0. The summed E-state index contributed by atoms with van der Waals surface area (Å²) in [6.45, 7) is 28.6. The van der Waals surface area contributed by atoms with Gasteiger partial charge in [0, 0.05) is 15.8 Å². The second-order valence-corrected chi connectivity index (χ2v) is 30.8.